The second kappa shape index (κ2) is 7.68. The molecule has 4 nitrogen and oxygen atoms in total. The Balaban J connectivity index is 1.66. The van der Waals surface area contributed by atoms with E-state index < -0.39 is 0 Å². The van der Waals surface area contributed by atoms with Gasteiger partial charge in [-0.2, -0.15) is 0 Å². The molecule has 0 amide bonds. The fraction of sp³-hybridized carbons (Fsp3) is 0.421. The van der Waals surface area contributed by atoms with Crippen LogP contribution in [0.3, 0.4) is 0 Å². The molecule has 3 rings (SSSR count). The molecular formula is C19H24N2O2. The lowest BCUT2D eigenvalue weighted by atomic mass is 10.0. The van der Waals surface area contributed by atoms with Crippen LogP contribution in [0.15, 0.2) is 42.6 Å². The van der Waals surface area contributed by atoms with Crippen LogP contribution < -0.4 is 0 Å². The van der Waals surface area contributed by atoms with E-state index in [-0.39, 0.29) is 6.10 Å². The smallest absolute Gasteiger partial charge is 0.0962 e. The molecule has 0 unspecified atom stereocenters. The van der Waals surface area contributed by atoms with Gasteiger partial charge in [0, 0.05) is 38.5 Å². The summed E-state index contributed by atoms with van der Waals surface area (Å²) < 4.78 is 10.7. The lowest BCUT2D eigenvalue weighted by Crippen LogP contribution is -2.35. The van der Waals surface area contributed by atoms with Crippen molar-refractivity contribution in [3.63, 3.8) is 0 Å². The quantitative estimate of drug-likeness (QED) is 0.848. The highest BCUT2D eigenvalue weighted by Crippen LogP contribution is 2.22. The number of benzene rings is 1. The van der Waals surface area contributed by atoms with E-state index in [0.29, 0.717) is 0 Å². The van der Waals surface area contributed by atoms with Crippen molar-refractivity contribution in [2.24, 2.45) is 0 Å². The number of aromatic nitrogens is 1. The van der Waals surface area contributed by atoms with Gasteiger partial charge >= 0.3 is 0 Å². The summed E-state index contributed by atoms with van der Waals surface area (Å²) in [7, 11) is 1.70. The van der Waals surface area contributed by atoms with Crippen LogP contribution in [0.2, 0.25) is 0 Å². The topological polar surface area (TPSA) is 34.6 Å². The Hall–Kier alpha value is -1.75. The van der Waals surface area contributed by atoms with Gasteiger partial charge in [0.25, 0.3) is 0 Å². The molecule has 1 atom stereocenters. The van der Waals surface area contributed by atoms with Crippen LogP contribution in [0, 0.1) is 0 Å². The molecule has 1 aliphatic rings. The number of methoxy groups -OCH3 is 1. The Morgan fingerprint density at radius 2 is 1.78 bits per heavy atom. The Morgan fingerprint density at radius 1 is 1.09 bits per heavy atom. The molecule has 1 saturated heterocycles. The van der Waals surface area contributed by atoms with E-state index in [9.17, 15) is 0 Å². The molecule has 1 fully saturated rings. The van der Waals surface area contributed by atoms with E-state index >= 15 is 0 Å². The summed E-state index contributed by atoms with van der Waals surface area (Å²) in [6.45, 7) is 6.72. The number of hydrogen-bond donors (Lipinski definition) is 0. The number of morpholine rings is 1. The minimum Gasteiger partial charge on any atom is -0.379 e. The third-order valence-electron chi connectivity index (χ3n) is 4.35. The van der Waals surface area contributed by atoms with Crippen molar-refractivity contribution in [3.05, 3.63) is 53.9 Å². The average molecular weight is 312 g/mol. The van der Waals surface area contributed by atoms with Gasteiger partial charge in [0.15, 0.2) is 0 Å². The van der Waals surface area contributed by atoms with Gasteiger partial charge in [-0.3, -0.25) is 9.88 Å². The van der Waals surface area contributed by atoms with Crippen LogP contribution in [0.5, 0.6) is 0 Å². The van der Waals surface area contributed by atoms with Crippen LogP contribution in [0.25, 0.3) is 11.1 Å². The van der Waals surface area contributed by atoms with E-state index in [2.05, 4.69) is 40.2 Å². The van der Waals surface area contributed by atoms with Crippen molar-refractivity contribution in [2.75, 3.05) is 33.4 Å². The lowest BCUT2D eigenvalue weighted by molar-refractivity contribution is 0.0342. The van der Waals surface area contributed by atoms with E-state index in [1.165, 1.54) is 11.1 Å². The maximum atomic E-state index is 5.39. The molecule has 4 heteroatoms. The zero-order valence-corrected chi connectivity index (χ0v) is 13.9. The first-order chi connectivity index (χ1) is 11.3. The van der Waals surface area contributed by atoms with Crippen LogP contribution in [0.4, 0.5) is 0 Å². The molecule has 1 aliphatic heterocycles. The van der Waals surface area contributed by atoms with Gasteiger partial charge in [0.1, 0.15) is 0 Å². The molecule has 2 aromatic rings. The van der Waals surface area contributed by atoms with Gasteiger partial charge in [-0.1, -0.05) is 30.3 Å². The molecule has 1 aromatic heterocycles. The highest BCUT2D eigenvalue weighted by Gasteiger charge is 2.11. The van der Waals surface area contributed by atoms with E-state index in [4.69, 9.17) is 9.47 Å². The molecule has 0 saturated carbocycles. The highest BCUT2D eigenvalue weighted by atomic mass is 16.5. The molecule has 0 radical (unpaired) electrons. The molecule has 0 aliphatic carbocycles. The maximum Gasteiger partial charge on any atom is 0.0962 e. The normalized spacial score (nSPS) is 17.1. The van der Waals surface area contributed by atoms with Crippen molar-refractivity contribution < 1.29 is 9.47 Å². The Morgan fingerprint density at radius 3 is 2.39 bits per heavy atom. The van der Waals surface area contributed by atoms with E-state index in [0.717, 1.165) is 44.1 Å². The largest absolute Gasteiger partial charge is 0.379 e. The zero-order valence-electron chi connectivity index (χ0n) is 13.9. The van der Waals surface area contributed by atoms with Gasteiger partial charge in [0.05, 0.1) is 25.0 Å². The van der Waals surface area contributed by atoms with Gasteiger partial charge in [0.2, 0.25) is 0 Å². The predicted molar refractivity (Wildman–Crippen MR) is 91.2 cm³/mol. The van der Waals surface area contributed by atoms with Gasteiger partial charge in [-0.15, -0.1) is 0 Å². The molecular weight excluding hydrogens is 288 g/mol. The first-order valence-electron chi connectivity index (χ1n) is 8.14. The number of hydrogen-bond acceptors (Lipinski definition) is 4. The van der Waals surface area contributed by atoms with Crippen molar-refractivity contribution in [2.45, 2.75) is 19.6 Å². The van der Waals surface area contributed by atoms with Crippen molar-refractivity contribution in [3.8, 4) is 11.1 Å². The fourth-order valence-electron chi connectivity index (χ4n) is 2.76. The Labute approximate surface area is 138 Å². The SMILES string of the molecule is CO[C@@H](C)c1ccc(-c2ccc(CN3CCOCC3)cc2)cn1. The third-order valence-corrected chi connectivity index (χ3v) is 4.35. The molecule has 122 valence electrons. The standard InChI is InChI=1S/C19H24N2O2/c1-15(22-2)19-8-7-18(13-20-19)17-5-3-16(4-6-17)14-21-9-11-23-12-10-21/h3-8,13,15H,9-12,14H2,1-2H3/t15-/m0/s1. The summed E-state index contributed by atoms with van der Waals surface area (Å²) in [5, 5.41) is 0. The minimum atomic E-state index is 0.0277. The summed E-state index contributed by atoms with van der Waals surface area (Å²) in [6, 6.07) is 12.9. The third kappa shape index (κ3) is 4.16. The van der Waals surface area contributed by atoms with Crippen LogP contribution in [-0.2, 0) is 16.0 Å². The molecule has 0 N–H and O–H groups in total. The van der Waals surface area contributed by atoms with Crippen LogP contribution in [-0.4, -0.2) is 43.3 Å². The zero-order chi connectivity index (χ0) is 16.1. The first kappa shape index (κ1) is 16.1. The van der Waals surface area contributed by atoms with E-state index in [1.807, 2.05) is 19.2 Å². The van der Waals surface area contributed by atoms with Gasteiger partial charge < -0.3 is 9.47 Å². The fourth-order valence-corrected chi connectivity index (χ4v) is 2.76. The molecule has 2 heterocycles. The Kier molecular flexibility index (Phi) is 5.39. The van der Waals surface area contributed by atoms with E-state index in [1.54, 1.807) is 7.11 Å². The van der Waals surface area contributed by atoms with Gasteiger partial charge in [-0.25, -0.2) is 0 Å². The Bertz CT molecular complexity index is 604. The predicted octanol–water partition coefficient (Wildman–Crippen LogP) is 3.29. The van der Waals surface area contributed by atoms with Crippen molar-refractivity contribution >= 4 is 0 Å². The number of rotatable bonds is 5. The van der Waals surface area contributed by atoms with Gasteiger partial charge in [-0.05, 0) is 24.1 Å². The summed E-state index contributed by atoms with van der Waals surface area (Å²) in [6.07, 6.45) is 1.95. The second-order valence-electron chi connectivity index (χ2n) is 5.94. The van der Waals surface area contributed by atoms with Crippen molar-refractivity contribution in [1.82, 2.24) is 9.88 Å². The van der Waals surface area contributed by atoms with Crippen LogP contribution in [0.1, 0.15) is 24.3 Å². The monoisotopic (exact) mass is 312 g/mol. The molecule has 0 bridgehead atoms. The lowest BCUT2D eigenvalue weighted by Gasteiger charge is -2.26. The molecule has 23 heavy (non-hydrogen) atoms. The average Bonchev–Trinajstić information content (AvgIpc) is 2.63. The second-order valence-corrected chi connectivity index (χ2v) is 5.94. The first-order valence-corrected chi connectivity index (χ1v) is 8.14. The minimum absolute atomic E-state index is 0.0277. The summed E-state index contributed by atoms with van der Waals surface area (Å²) in [5.41, 5.74) is 4.63. The molecule has 1 aromatic carbocycles. The number of ether oxygens (including phenoxy) is 2. The maximum absolute atomic E-state index is 5.39. The number of nitrogens with zero attached hydrogens (tertiary/aromatic N) is 2. The summed E-state index contributed by atoms with van der Waals surface area (Å²) in [5.74, 6) is 0. The van der Waals surface area contributed by atoms with Crippen LogP contribution >= 0.6 is 0 Å². The molecule has 0 spiro atoms. The van der Waals surface area contributed by atoms with Crippen molar-refractivity contribution in [1.29, 1.82) is 0 Å². The number of pyridine rings is 1. The summed E-state index contributed by atoms with van der Waals surface area (Å²) in [4.78, 5) is 6.93. The highest BCUT2D eigenvalue weighted by molar-refractivity contribution is 5.62. The summed E-state index contributed by atoms with van der Waals surface area (Å²) >= 11 is 0.